The number of nitrogens with one attached hydrogen (secondary N) is 1. The molecule has 0 aliphatic heterocycles. The van der Waals surface area contributed by atoms with Crippen LogP contribution in [0.3, 0.4) is 0 Å². The molecular weight excluding hydrogens is 370 g/mol. The highest BCUT2D eigenvalue weighted by Crippen LogP contribution is 2.22. The zero-order valence-electron chi connectivity index (χ0n) is 13.8. The third-order valence-corrected chi connectivity index (χ3v) is 5.31. The quantitative estimate of drug-likeness (QED) is 0.405. The molecule has 0 aliphatic carbocycles. The fraction of sp³-hybridized carbons (Fsp3) is 0.167. The molecule has 132 valence electrons. The molecule has 0 saturated carbocycles. The second-order valence-electron chi connectivity index (χ2n) is 5.76. The summed E-state index contributed by atoms with van der Waals surface area (Å²) in [4.78, 5) is 15.0. The number of hydrogen-bond donors (Lipinski definition) is 1. The van der Waals surface area contributed by atoms with Crippen LogP contribution in [0.25, 0.3) is 16.7 Å². The molecule has 0 amide bonds. The summed E-state index contributed by atoms with van der Waals surface area (Å²) in [6.07, 6.45) is 2.52. The normalized spacial score (nSPS) is 11.3. The molecule has 4 aromatic rings. The Kier molecular flexibility index (Phi) is 4.81. The van der Waals surface area contributed by atoms with Gasteiger partial charge in [-0.2, -0.15) is 0 Å². The number of imidazole rings is 1. The lowest BCUT2D eigenvalue weighted by Gasteiger charge is -2.07. The molecule has 0 bridgehead atoms. The molecule has 0 aliphatic rings. The highest BCUT2D eigenvalue weighted by Gasteiger charge is 2.09. The Balaban J connectivity index is 1.42. The molecule has 8 heteroatoms. The van der Waals surface area contributed by atoms with E-state index in [-0.39, 0.29) is 5.69 Å². The van der Waals surface area contributed by atoms with Crippen molar-refractivity contribution in [3.8, 4) is 5.69 Å². The fourth-order valence-corrected chi connectivity index (χ4v) is 3.88. The van der Waals surface area contributed by atoms with E-state index in [2.05, 4.69) is 15.2 Å². The molecule has 0 unspecified atom stereocenters. The summed E-state index contributed by atoms with van der Waals surface area (Å²) in [5.41, 5.74) is 2.66. The lowest BCUT2D eigenvalue weighted by atomic mass is 10.3. The van der Waals surface area contributed by atoms with Gasteiger partial charge < -0.3 is 4.98 Å². The van der Waals surface area contributed by atoms with Crippen LogP contribution in [0.15, 0.2) is 64.8 Å². The third kappa shape index (κ3) is 3.40. The van der Waals surface area contributed by atoms with Crippen LogP contribution >= 0.6 is 23.4 Å². The van der Waals surface area contributed by atoms with Crippen LogP contribution in [-0.2, 0) is 6.54 Å². The number of aromatic amines is 1. The first-order chi connectivity index (χ1) is 12.7. The number of fused-ring (bicyclic) bond motifs is 1. The second-order valence-corrected chi connectivity index (χ2v) is 7.26. The van der Waals surface area contributed by atoms with Crippen molar-refractivity contribution in [2.24, 2.45) is 0 Å². The van der Waals surface area contributed by atoms with Crippen LogP contribution < -0.4 is 5.69 Å². The molecule has 26 heavy (non-hydrogen) atoms. The summed E-state index contributed by atoms with van der Waals surface area (Å²) in [5.74, 6) is 0.825. The average molecular weight is 386 g/mol. The number of benzene rings is 2. The largest absolute Gasteiger partial charge is 0.326 e. The summed E-state index contributed by atoms with van der Waals surface area (Å²) in [5, 5.41) is 9.66. The van der Waals surface area contributed by atoms with Crippen LogP contribution in [0, 0.1) is 0 Å². The molecule has 0 atom stereocenters. The number of aromatic nitrogens is 5. The molecule has 0 radical (unpaired) electrons. The highest BCUT2D eigenvalue weighted by atomic mass is 35.5. The number of halogens is 1. The van der Waals surface area contributed by atoms with Gasteiger partial charge in [0.2, 0.25) is 0 Å². The van der Waals surface area contributed by atoms with Gasteiger partial charge in [-0.3, -0.25) is 9.13 Å². The molecule has 0 fully saturated rings. The van der Waals surface area contributed by atoms with Crippen molar-refractivity contribution in [2.45, 2.75) is 18.1 Å². The van der Waals surface area contributed by atoms with E-state index in [1.54, 1.807) is 22.7 Å². The maximum atomic E-state index is 12.1. The number of H-pyrrole nitrogens is 1. The van der Waals surface area contributed by atoms with Gasteiger partial charge in [-0.25, -0.2) is 4.79 Å². The third-order valence-electron chi connectivity index (χ3n) is 4.04. The van der Waals surface area contributed by atoms with Gasteiger partial charge in [0.15, 0.2) is 5.16 Å². The Morgan fingerprint density at radius 1 is 1.15 bits per heavy atom. The van der Waals surface area contributed by atoms with Gasteiger partial charge in [0.25, 0.3) is 0 Å². The minimum absolute atomic E-state index is 0.0710. The first-order valence-electron chi connectivity index (χ1n) is 8.19. The van der Waals surface area contributed by atoms with E-state index in [0.717, 1.165) is 34.1 Å². The van der Waals surface area contributed by atoms with E-state index in [9.17, 15) is 4.79 Å². The minimum atomic E-state index is -0.0710. The zero-order chi connectivity index (χ0) is 17.9. The summed E-state index contributed by atoms with van der Waals surface area (Å²) in [7, 11) is 0. The number of hydrogen-bond acceptors (Lipinski definition) is 4. The van der Waals surface area contributed by atoms with E-state index >= 15 is 0 Å². The molecule has 2 aromatic heterocycles. The standard InChI is InChI=1S/C18H16ClN5OS/c19-13-5-3-6-14(11-13)24-12-20-22-18(24)26-10-4-9-23-16-8-2-1-7-15(16)21-17(23)25/h1-3,5-8,11-12H,4,9-10H2,(H,21,25). The van der Waals surface area contributed by atoms with Crippen molar-refractivity contribution in [2.75, 3.05) is 5.75 Å². The fourth-order valence-electron chi connectivity index (χ4n) is 2.84. The first-order valence-corrected chi connectivity index (χ1v) is 9.55. The van der Waals surface area contributed by atoms with Crippen molar-refractivity contribution < 1.29 is 0 Å². The maximum Gasteiger partial charge on any atom is 0.326 e. The Labute approximate surface area is 158 Å². The number of nitrogens with zero attached hydrogens (tertiary/aromatic N) is 4. The van der Waals surface area contributed by atoms with Gasteiger partial charge in [-0.1, -0.05) is 41.6 Å². The average Bonchev–Trinajstić information content (AvgIpc) is 3.23. The van der Waals surface area contributed by atoms with Crippen molar-refractivity contribution >= 4 is 34.4 Å². The van der Waals surface area contributed by atoms with E-state index in [0.29, 0.717) is 11.6 Å². The highest BCUT2D eigenvalue weighted by molar-refractivity contribution is 7.99. The van der Waals surface area contributed by atoms with Gasteiger partial charge in [0.05, 0.1) is 16.7 Å². The Morgan fingerprint density at radius 3 is 2.92 bits per heavy atom. The van der Waals surface area contributed by atoms with Crippen molar-refractivity contribution in [3.63, 3.8) is 0 Å². The van der Waals surface area contributed by atoms with E-state index < -0.39 is 0 Å². The molecule has 2 heterocycles. The Bertz CT molecular complexity index is 1100. The first kappa shape index (κ1) is 16.9. The van der Waals surface area contributed by atoms with E-state index in [4.69, 9.17) is 11.6 Å². The van der Waals surface area contributed by atoms with E-state index in [1.807, 2.05) is 53.1 Å². The molecule has 0 spiro atoms. The van der Waals surface area contributed by atoms with Crippen molar-refractivity contribution in [1.29, 1.82) is 0 Å². The molecule has 2 aromatic carbocycles. The van der Waals surface area contributed by atoms with Gasteiger partial charge >= 0.3 is 5.69 Å². The lowest BCUT2D eigenvalue weighted by Crippen LogP contribution is -2.17. The maximum absolute atomic E-state index is 12.1. The number of thioether (sulfide) groups is 1. The second kappa shape index (κ2) is 7.39. The van der Waals surface area contributed by atoms with Gasteiger partial charge in [0, 0.05) is 17.3 Å². The minimum Gasteiger partial charge on any atom is -0.306 e. The summed E-state index contributed by atoms with van der Waals surface area (Å²) in [6, 6.07) is 15.3. The Hall–Kier alpha value is -2.51. The van der Waals surface area contributed by atoms with Crippen molar-refractivity contribution in [3.05, 3.63) is 70.4 Å². The predicted molar refractivity (Wildman–Crippen MR) is 104 cm³/mol. The topological polar surface area (TPSA) is 68.5 Å². The monoisotopic (exact) mass is 385 g/mol. The summed E-state index contributed by atoms with van der Waals surface area (Å²) < 4.78 is 3.69. The number of aryl methyl sites for hydroxylation is 1. The van der Waals surface area contributed by atoms with Gasteiger partial charge in [0.1, 0.15) is 6.33 Å². The predicted octanol–water partition coefficient (Wildman–Crippen LogP) is 3.75. The van der Waals surface area contributed by atoms with Crippen molar-refractivity contribution in [1.82, 2.24) is 24.3 Å². The van der Waals surface area contributed by atoms with Crippen LogP contribution in [-0.4, -0.2) is 30.1 Å². The summed E-state index contributed by atoms with van der Waals surface area (Å²) in [6.45, 7) is 0.654. The number of para-hydroxylation sites is 2. The Morgan fingerprint density at radius 2 is 2.04 bits per heavy atom. The molecule has 6 nitrogen and oxygen atoms in total. The van der Waals surface area contributed by atoms with Gasteiger partial charge in [-0.05, 0) is 36.8 Å². The van der Waals surface area contributed by atoms with E-state index in [1.165, 1.54) is 0 Å². The summed E-state index contributed by atoms with van der Waals surface area (Å²) >= 11 is 7.67. The smallest absolute Gasteiger partial charge is 0.306 e. The SMILES string of the molecule is O=c1[nH]c2ccccc2n1CCCSc1nncn1-c1cccc(Cl)c1. The van der Waals surface area contributed by atoms with Gasteiger partial charge in [-0.15, -0.1) is 10.2 Å². The van der Waals surface area contributed by atoms with Crippen LogP contribution in [0.4, 0.5) is 0 Å². The number of rotatable bonds is 6. The lowest BCUT2D eigenvalue weighted by molar-refractivity contribution is 0.678. The molecule has 4 rings (SSSR count). The molecular formula is C18H16ClN5OS. The van der Waals surface area contributed by atoms with Crippen LogP contribution in [0.1, 0.15) is 6.42 Å². The van der Waals surface area contributed by atoms with Crippen LogP contribution in [0.2, 0.25) is 5.02 Å². The molecule has 0 saturated heterocycles. The zero-order valence-corrected chi connectivity index (χ0v) is 15.4. The molecule has 1 N–H and O–H groups in total. The van der Waals surface area contributed by atoms with Crippen LogP contribution in [0.5, 0.6) is 0 Å².